The lowest BCUT2D eigenvalue weighted by atomic mass is 9.99. The van der Waals surface area contributed by atoms with E-state index in [1.807, 2.05) is 54.6 Å². The number of benzene rings is 3. The van der Waals surface area contributed by atoms with Crippen LogP contribution in [0.15, 0.2) is 72.8 Å². The molecular weight excluding hydrogens is 328 g/mol. The number of hydrogen-bond donors (Lipinski definition) is 2. The Bertz CT molecular complexity index is 1040. The fourth-order valence-electron chi connectivity index (χ4n) is 2.56. The van der Waals surface area contributed by atoms with Gasteiger partial charge in [0.2, 0.25) is 0 Å². The molecule has 0 atom stereocenters. The number of rotatable bonds is 3. The predicted molar refractivity (Wildman–Crippen MR) is 98.2 cm³/mol. The minimum atomic E-state index is -1.15. The number of carbonyl (C=O) groups is 2. The van der Waals surface area contributed by atoms with Gasteiger partial charge in [-0.2, -0.15) is 0 Å². The van der Waals surface area contributed by atoms with Crippen molar-refractivity contribution in [2.45, 2.75) is 0 Å². The first kappa shape index (κ1) is 17.0. The second-order valence-corrected chi connectivity index (χ2v) is 5.53. The first-order valence-corrected chi connectivity index (χ1v) is 7.83. The molecule has 0 aliphatic carbocycles. The molecular formula is C22H14O4. The lowest BCUT2D eigenvalue weighted by Gasteiger charge is -2.05. The molecule has 0 heterocycles. The van der Waals surface area contributed by atoms with Gasteiger partial charge in [-0.3, -0.25) is 0 Å². The van der Waals surface area contributed by atoms with Crippen LogP contribution in [-0.4, -0.2) is 22.2 Å². The van der Waals surface area contributed by atoms with Crippen molar-refractivity contribution in [2.75, 3.05) is 0 Å². The molecule has 0 bridgehead atoms. The Labute approximate surface area is 150 Å². The van der Waals surface area contributed by atoms with Crippen molar-refractivity contribution in [1.29, 1.82) is 0 Å². The van der Waals surface area contributed by atoms with Crippen molar-refractivity contribution in [3.8, 4) is 23.0 Å². The standard InChI is InChI=1S/C22H14O4/c23-21(24)18-12-13-20(22(25)26)17(14-18)11-10-16-8-4-5-9-19(16)15-6-2-1-3-7-15/h1-9,12-14H,(H,23,24)(H,25,26). The molecule has 0 unspecified atom stereocenters. The topological polar surface area (TPSA) is 74.6 Å². The van der Waals surface area contributed by atoms with Gasteiger partial charge in [0.15, 0.2) is 0 Å². The molecule has 0 aliphatic heterocycles. The molecule has 0 saturated carbocycles. The lowest BCUT2D eigenvalue weighted by Crippen LogP contribution is -2.04. The van der Waals surface area contributed by atoms with E-state index in [1.54, 1.807) is 0 Å². The van der Waals surface area contributed by atoms with Gasteiger partial charge in [0.1, 0.15) is 0 Å². The second kappa shape index (κ2) is 7.37. The van der Waals surface area contributed by atoms with E-state index in [0.29, 0.717) is 0 Å². The second-order valence-electron chi connectivity index (χ2n) is 5.53. The average Bonchev–Trinajstić information content (AvgIpc) is 2.67. The van der Waals surface area contributed by atoms with Crippen LogP contribution in [0.3, 0.4) is 0 Å². The highest BCUT2D eigenvalue weighted by Crippen LogP contribution is 2.23. The third kappa shape index (κ3) is 3.63. The van der Waals surface area contributed by atoms with Gasteiger partial charge in [0.05, 0.1) is 11.1 Å². The zero-order valence-electron chi connectivity index (χ0n) is 13.6. The van der Waals surface area contributed by atoms with Crippen molar-refractivity contribution >= 4 is 11.9 Å². The van der Waals surface area contributed by atoms with Crippen LogP contribution >= 0.6 is 0 Å². The molecule has 0 spiro atoms. The molecule has 3 rings (SSSR count). The molecule has 3 aromatic rings. The number of hydrogen-bond acceptors (Lipinski definition) is 2. The SMILES string of the molecule is O=C(O)c1ccc(C(=O)O)c(C#Cc2ccccc2-c2ccccc2)c1. The minimum absolute atomic E-state index is 0.00403. The highest BCUT2D eigenvalue weighted by molar-refractivity contribution is 5.94. The molecule has 0 amide bonds. The average molecular weight is 342 g/mol. The fourth-order valence-corrected chi connectivity index (χ4v) is 2.56. The lowest BCUT2D eigenvalue weighted by molar-refractivity contribution is 0.0681. The summed E-state index contributed by atoms with van der Waals surface area (Å²) in [5.74, 6) is 3.53. The van der Waals surface area contributed by atoms with Crippen LogP contribution in [0.4, 0.5) is 0 Å². The van der Waals surface area contributed by atoms with Crippen LogP contribution in [-0.2, 0) is 0 Å². The Morgan fingerprint density at radius 1 is 0.692 bits per heavy atom. The van der Waals surface area contributed by atoms with Crippen molar-refractivity contribution in [1.82, 2.24) is 0 Å². The Balaban J connectivity index is 2.10. The molecule has 2 N–H and O–H groups in total. The van der Waals surface area contributed by atoms with Crippen LogP contribution in [0, 0.1) is 11.8 Å². The molecule has 0 radical (unpaired) electrons. The van der Waals surface area contributed by atoms with Crippen LogP contribution in [0.5, 0.6) is 0 Å². The van der Waals surface area contributed by atoms with E-state index in [1.165, 1.54) is 18.2 Å². The summed E-state index contributed by atoms with van der Waals surface area (Å²) in [6.07, 6.45) is 0. The third-order valence-electron chi connectivity index (χ3n) is 3.84. The maximum absolute atomic E-state index is 11.4. The van der Waals surface area contributed by atoms with E-state index >= 15 is 0 Å². The Kier molecular flexibility index (Phi) is 4.82. The summed E-state index contributed by atoms with van der Waals surface area (Å²) < 4.78 is 0. The van der Waals surface area contributed by atoms with Gasteiger partial charge in [0, 0.05) is 11.1 Å². The summed E-state index contributed by atoms with van der Waals surface area (Å²) in [6.45, 7) is 0. The van der Waals surface area contributed by atoms with Crippen LogP contribution in [0.25, 0.3) is 11.1 Å². The number of carboxylic acids is 2. The fraction of sp³-hybridized carbons (Fsp3) is 0. The van der Waals surface area contributed by atoms with Gasteiger partial charge in [-0.15, -0.1) is 0 Å². The molecule has 0 aromatic heterocycles. The Hall–Kier alpha value is -3.84. The summed E-state index contributed by atoms with van der Waals surface area (Å²) in [5, 5.41) is 18.4. The molecule has 0 fully saturated rings. The minimum Gasteiger partial charge on any atom is -0.478 e. The molecule has 0 saturated heterocycles. The first-order chi connectivity index (χ1) is 12.6. The van der Waals surface area contributed by atoms with Gasteiger partial charge in [-0.25, -0.2) is 9.59 Å². The summed E-state index contributed by atoms with van der Waals surface area (Å²) in [4.78, 5) is 22.5. The van der Waals surface area contributed by atoms with E-state index in [0.717, 1.165) is 16.7 Å². The van der Waals surface area contributed by atoms with Gasteiger partial charge in [-0.1, -0.05) is 60.4 Å². The monoisotopic (exact) mass is 342 g/mol. The Morgan fingerprint density at radius 2 is 1.35 bits per heavy atom. The zero-order valence-corrected chi connectivity index (χ0v) is 13.6. The van der Waals surface area contributed by atoms with E-state index in [2.05, 4.69) is 11.8 Å². The van der Waals surface area contributed by atoms with Gasteiger partial charge in [-0.05, 0) is 35.4 Å². The molecule has 4 nitrogen and oxygen atoms in total. The van der Waals surface area contributed by atoms with Crippen molar-refractivity contribution < 1.29 is 19.8 Å². The predicted octanol–water partition coefficient (Wildman–Crippen LogP) is 4.15. The van der Waals surface area contributed by atoms with E-state index in [4.69, 9.17) is 5.11 Å². The molecule has 0 aliphatic rings. The van der Waals surface area contributed by atoms with Crippen LogP contribution in [0.2, 0.25) is 0 Å². The summed E-state index contributed by atoms with van der Waals surface area (Å²) >= 11 is 0. The molecule has 26 heavy (non-hydrogen) atoms. The Morgan fingerprint density at radius 3 is 2.04 bits per heavy atom. The van der Waals surface area contributed by atoms with Crippen molar-refractivity contribution in [3.05, 3.63) is 95.1 Å². The van der Waals surface area contributed by atoms with Crippen molar-refractivity contribution in [2.24, 2.45) is 0 Å². The maximum atomic E-state index is 11.4. The molecule has 4 heteroatoms. The van der Waals surface area contributed by atoms with E-state index in [-0.39, 0.29) is 16.7 Å². The van der Waals surface area contributed by atoms with Crippen molar-refractivity contribution in [3.63, 3.8) is 0 Å². The summed E-state index contributed by atoms with van der Waals surface area (Å²) in [6, 6.07) is 21.1. The smallest absolute Gasteiger partial charge is 0.336 e. The molecule has 3 aromatic carbocycles. The maximum Gasteiger partial charge on any atom is 0.336 e. The van der Waals surface area contributed by atoms with E-state index in [9.17, 15) is 14.7 Å². The quantitative estimate of drug-likeness (QED) is 0.701. The van der Waals surface area contributed by atoms with E-state index < -0.39 is 11.9 Å². The normalized spacial score (nSPS) is 9.85. The first-order valence-electron chi connectivity index (χ1n) is 7.83. The largest absolute Gasteiger partial charge is 0.478 e. The van der Waals surface area contributed by atoms with Crippen LogP contribution < -0.4 is 0 Å². The number of carboxylic acid groups (broad SMARTS) is 2. The highest BCUT2D eigenvalue weighted by Gasteiger charge is 2.12. The summed E-state index contributed by atoms with van der Waals surface area (Å²) in [5.41, 5.74) is 2.79. The zero-order chi connectivity index (χ0) is 18.5. The van der Waals surface area contributed by atoms with Gasteiger partial charge >= 0.3 is 11.9 Å². The highest BCUT2D eigenvalue weighted by atomic mass is 16.4. The summed E-state index contributed by atoms with van der Waals surface area (Å²) in [7, 11) is 0. The number of aromatic carboxylic acids is 2. The van der Waals surface area contributed by atoms with Crippen LogP contribution in [0.1, 0.15) is 31.8 Å². The molecule has 126 valence electrons. The third-order valence-corrected chi connectivity index (χ3v) is 3.84. The van der Waals surface area contributed by atoms with Gasteiger partial charge < -0.3 is 10.2 Å². The van der Waals surface area contributed by atoms with Gasteiger partial charge in [0.25, 0.3) is 0 Å².